The Bertz CT molecular complexity index is 525. The normalized spacial score (nSPS) is 14.8. The van der Waals surface area contributed by atoms with Gasteiger partial charge in [-0.15, -0.1) is 11.3 Å². The Morgan fingerprint density at radius 3 is 2.85 bits per heavy atom. The summed E-state index contributed by atoms with van der Waals surface area (Å²) < 4.78 is 4.84. The lowest BCUT2D eigenvalue weighted by Crippen LogP contribution is -2.20. The van der Waals surface area contributed by atoms with Gasteiger partial charge in [-0.2, -0.15) is 0 Å². The van der Waals surface area contributed by atoms with Crippen LogP contribution in [0.3, 0.4) is 0 Å². The average molecular weight is 296 g/mol. The molecule has 0 fully saturated rings. The number of carbonyl (C=O) groups is 2. The summed E-state index contributed by atoms with van der Waals surface area (Å²) in [5.41, 5.74) is 7.11. The molecule has 6 heteroatoms. The second-order valence-electron chi connectivity index (χ2n) is 5.15. The first-order chi connectivity index (χ1) is 9.56. The van der Waals surface area contributed by atoms with Crippen molar-refractivity contribution in [1.29, 1.82) is 0 Å². The van der Waals surface area contributed by atoms with Gasteiger partial charge in [-0.25, -0.2) is 4.79 Å². The number of hydrogen-bond donors (Lipinski definition) is 2. The first-order valence-electron chi connectivity index (χ1n) is 6.79. The Kier molecular flexibility index (Phi) is 4.77. The van der Waals surface area contributed by atoms with Crippen LogP contribution in [-0.2, 0) is 22.4 Å². The summed E-state index contributed by atoms with van der Waals surface area (Å²) in [5.74, 6) is -0.344. The van der Waals surface area contributed by atoms with Crippen LogP contribution in [0.1, 0.15) is 40.6 Å². The molecule has 2 rings (SSSR count). The zero-order chi connectivity index (χ0) is 14.7. The van der Waals surface area contributed by atoms with E-state index in [1.54, 1.807) is 0 Å². The summed E-state index contributed by atoms with van der Waals surface area (Å²) in [5, 5.41) is 3.46. The summed E-state index contributed by atoms with van der Waals surface area (Å²) in [4.78, 5) is 25.1. The first-order valence-corrected chi connectivity index (χ1v) is 7.61. The number of amides is 1. The molecule has 0 saturated carbocycles. The molecule has 0 bridgehead atoms. The van der Waals surface area contributed by atoms with E-state index in [9.17, 15) is 9.59 Å². The highest BCUT2D eigenvalue weighted by Gasteiger charge is 2.28. The fourth-order valence-corrected chi connectivity index (χ4v) is 3.68. The zero-order valence-corrected chi connectivity index (χ0v) is 12.6. The molecule has 1 unspecified atom stereocenters. The van der Waals surface area contributed by atoms with Crippen LogP contribution >= 0.6 is 11.3 Å². The van der Waals surface area contributed by atoms with Crippen molar-refractivity contribution >= 4 is 28.2 Å². The molecule has 0 aromatic carbocycles. The minimum absolute atomic E-state index is 0.104. The average Bonchev–Trinajstić information content (AvgIpc) is 2.97. The summed E-state index contributed by atoms with van der Waals surface area (Å²) in [6.07, 6.45) is 3.27. The number of aryl methyl sites for hydroxylation is 1. The van der Waals surface area contributed by atoms with Crippen LogP contribution in [-0.4, -0.2) is 25.5 Å². The van der Waals surface area contributed by atoms with Crippen LogP contribution in [0.15, 0.2) is 0 Å². The maximum absolute atomic E-state index is 12.0. The number of nitrogens with one attached hydrogen (secondary N) is 1. The molecule has 0 saturated heterocycles. The monoisotopic (exact) mass is 296 g/mol. The number of nitrogens with two attached hydrogens (primary N) is 1. The number of thiophene rings is 1. The van der Waals surface area contributed by atoms with Crippen molar-refractivity contribution < 1.29 is 14.3 Å². The van der Waals surface area contributed by atoms with Crippen molar-refractivity contribution in [3.05, 3.63) is 16.0 Å². The Morgan fingerprint density at radius 1 is 1.45 bits per heavy atom. The summed E-state index contributed by atoms with van der Waals surface area (Å²) in [6.45, 7) is 2.40. The largest absolute Gasteiger partial charge is 0.465 e. The topological polar surface area (TPSA) is 81.4 Å². The van der Waals surface area contributed by atoms with Gasteiger partial charge in [0.05, 0.1) is 12.7 Å². The lowest BCUT2D eigenvalue weighted by molar-refractivity contribution is -0.116. The molecule has 1 aliphatic carbocycles. The quantitative estimate of drug-likeness (QED) is 0.814. The number of rotatable bonds is 5. The van der Waals surface area contributed by atoms with Gasteiger partial charge in [0.15, 0.2) is 0 Å². The lowest BCUT2D eigenvalue weighted by atomic mass is 10.1. The Balaban J connectivity index is 2.19. The Morgan fingerprint density at radius 2 is 2.20 bits per heavy atom. The van der Waals surface area contributed by atoms with E-state index in [4.69, 9.17) is 10.5 Å². The maximum Gasteiger partial charge on any atom is 0.341 e. The van der Waals surface area contributed by atoms with E-state index in [-0.39, 0.29) is 17.8 Å². The van der Waals surface area contributed by atoms with E-state index in [1.807, 2.05) is 6.92 Å². The van der Waals surface area contributed by atoms with Gasteiger partial charge in [0.1, 0.15) is 5.00 Å². The smallest absolute Gasteiger partial charge is 0.341 e. The number of carbonyl (C=O) groups excluding carboxylic acids is 2. The molecular formula is C14H20N2O3S. The highest BCUT2D eigenvalue weighted by Crippen LogP contribution is 2.39. The van der Waals surface area contributed by atoms with Gasteiger partial charge in [0.2, 0.25) is 5.91 Å². The van der Waals surface area contributed by atoms with Crippen molar-refractivity contribution in [3.63, 3.8) is 0 Å². The van der Waals surface area contributed by atoms with Crippen LogP contribution in [0, 0.1) is 5.92 Å². The molecule has 1 aliphatic rings. The zero-order valence-electron chi connectivity index (χ0n) is 11.8. The molecule has 1 heterocycles. The van der Waals surface area contributed by atoms with Crippen molar-refractivity contribution in [2.75, 3.05) is 19.0 Å². The van der Waals surface area contributed by atoms with E-state index in [0.29, 0.717) is 23.5 Å². The third kappa shape index (κ3) is 3.02. The van der Waals surface area contributed by atoms with Gasteiger partial charge in [-0.05, 0) is 37.3 Å². The van der Waals surface area contributed by atoms with Gasteiger partial charge >= 0.3 is 5.97 Å². The summed E-state index contributed by atoms with van der Waals surface area (Å²) in [7, 11) is 1.36. The SMILES string of the molecule is COC(=O)c1c(NC(=O)CC(C)CN)sc2c1CCC2. The molecule has 1 atom stereocenters. The van der Waals surface area contributed by atoms with Crippen LogP contribution in [0.4, 0.5) is 5.00 Å². The summed E-state index contributed by atoms with van der Waals surface area (Å²) >= 11 is 1.49. The molecule has 1 amide bonds. The molecule has 1 aromatic heterocycles. The fraction of sp³-hybridized carbons (Fsp3) is 0.571. The van der Waals surface area contributed by atoms with E-state index >= 15 is 0 Å². The molecule has 0 spiro atoms. The van der Waals surface area contributed by atoms with E-state index in [1.165, 1.54) is 23.3 Å². The third-order valence-electron chi connectivity index (χ3n) is 3.50. The van der Waals surface area contributed by atoms with E-state index in [0.717, 1.165) is 24.8 Å². The van der Waals surface area contributed by atoms with Gasteiger partial charge < -0.3 is 15.8 Å². The molecule has 0 radical (unpaired) electrons. The predicted octanol–water partition coefficient (Wildman–Crippen LogP) is 1.95. The molecule has 0 aliphatic heterocycles. The minimum atomic E-state index is -0.369. The number of ether oxygens (including phenoxy) is 1. The van der Waals surface area contributed by atoms with Gasteiger partial charge in [-0.3, -0.25) is 4.79 Å². The number of hydrogen-bond acceptors (Lipinski definition) is 5. The highest BCUT2D eigenvalue weighted by atomic mass is 32.1. The van der Waals surface area contributed by atoms with Crippen LogP contribution < -0.4 is 11.1 Å². The second kappa shape index (κ2) is 6.37. The molecule has 20 heavy (non-hydrogen) atoms. The molecule has 110 valence electrons. The second-order valence-corrected chi connectivity index (χ2v) is 6.25. The van der Waals surface area contributed by atoms with Crippen molar-refractivity contribution in [2.24, 2.45) is 11.7 Å². The minimum Gasteiger partial charge on any atom is -0.465 e. The predicted molar refractivity (Wildman–Crippen MR) is 79.1 cm³/mol. The highest BCUT2D eigenvalue weighted by molar-refractivity contribution is 7.17. The number of methoxy groups -OCH3 is 1. The van der Waals surface area contributed by atoms with Crippen LogP contribution in [0.5, 0.6) is 0 Å². The Labute approximate surface area is 122 Å². The first kappa shape index (κ1) is 15.0. The lowest BCUT2D eigenvalue weighted by Gasteiger charge is -2.09. The van der Waals surface area contributed by atoms with Crippen LogP contribution in [0.2, 0.25) is 0 Å². The molecule has 3 N–H and O–H groups in total. The van der Waals surface area contributed by atoms with Crippen molar-refractivity contribution in [3.8, 4) is 0 Å². The van der Waals surface area contributed by atoms with Gasteiger partial charge in [0, 0.05) is 11.3 Å². The Hall–Kier alpha value is -1.40. The molecule has 1 aromatic rings. The molecular weight excluding hydrogens is 276 g/mol. The van der Waals surface area contributed by atoms with Gasteiger partial charge in [0.25, 0.3) is 0 Å². The standard InChI is InChI=1S/C14H20N2O3S/c1-8(7-15)6-11(17)16-13-12(14(18)19-2)9-4-3-5-10(9)20-13/h8H,3-7,15H2,1-2H3,(H,16,17). The van der Waals surface area contributed by atoms with Crippen LogP contribution in [0.25, 0.3) is 0 Å². The summed E-state index contributed by atoms with van der Waals surface area (Å²) in [6, 6.07) is 0. The van der Waals surface area contributed by atoms with Crippen molar-refractivity contribution in [1.82, 2.24) is 0 Å². The number of anilines is 1. The number of esters is 1. The maximum atomic E-state index is 12.0. The van der Waals surface area contributed by atoms with E-state index < -0.39 is 0 Å². The third-order valence-corrected chi connectivity index (χ3v) is 4.71. The number of fused-ring (bicyclic) bond motifs is 1. The van der Waals surface area contributed by atoms with E-state index in [2.05, 4.69) is 5.32 Å². The molecule has 5 nitrogen and oxygen atoms in total. The van der Waals surface area contributed by atoms with Crippen molar-refractivity contribution in [2.45, 2.75) is 32.6 Å². The van der Waals surface area contributed by atoms with Gasteiger partial charge in [-0.1, -0.05) is 6.92 Å². The fourth-order valence-electron chi connectivity index (χ4n) is 2.39.